The summed E-state index contributed by atoms with van der Waals surface area (Å²) in [4.78, 5) is 29.8. The molecule has 9 heteroatoms. The Bertz CT molecular complexity index is 1470. The van der Waals surface area contributed by atoms with Gasteiger partial charge in [0.25, 0.3) is 0 Å². The van der Waals surface area contributed by atoms with Crippen molar-refractivity contribution < 1.29 is 18.0 Å². The summed E-state index contributed by atoms with van der Waals surface area (Å²) in [7, 11) is -3.81. The fourth-order valence-corrected chi connectivity index (χ4v) is 6.74. The van der Waals surface area contributed by atoms with E-state index in [1.54, 1.807) is 11.0 Å². The molecule has 1 fully saturated rings. The Balaban J connectivity index is 1.73. The van der Waals surface area contributed by atoms with Crippen molar-refractivity contribution in [2.24, 2.45) is 0 Å². The number of carbonyl (C=O) groups is 2. The largest absolute Gasteiger partial charge is 0.352 e. The maximum atomic E-state index is 14.3. The third-order valence-corrected chi connectivity index (χ3v) is 9.44. The van der Waals surface area contributed by atoms with E-state index in [0.717, 1.165) is 69.4 Å². The minimum absolute atomic E-state index is 0.0666. The van der Waals surface area contributed by atoms with Crippen molar-refractivity contribution in [1.82, 2.24) is 10.2 Å². The molecule has 1 saturated carbocycles. The summed E-state index contributed by atoms with van der Waals surface area (Å²) in [5.74, 6) is -0.656. The summed E-state index contributed by atoms with van der Waals surface area (Å²) in [6, 6.07) is 21.9. The number of nitrogens with zero attached hydrogens (tertiary/aromatic N) is 2. The van der Waals surface area contributed by atoms with Crippen molar-refractivity contribution in [2.45, 2.75) is 71.0 Å². The van der Waals surface area contributed by atoms with Gasteiger partial charge in [-0.3, -0.25) is 13.9 Å². The second kappa shape index (κ2) is 14.3. The standard InChI is InChI=1S/C33H40BrN3O4S/c1-24-14-19-30(25(2)20-24)37(42(3,40)41)23-32(38)36(22-27-15-17-28(34)18-16-27)31(21-26-10-6-4-7-11-26)33(39)35-29-12-8-5-9-13-29/h4,6-7,10-11,14-20,29,31H,5,8-9,12-13,21-23H2,1-3H3,(H,35,39). The number of anilines is 1. The number of carbonyl (C=O) groups excluding carboxylic acids is 2. The number of nitrogens with one attached hydrogen (secondary N) is 1. The van der Waals surface area contributed by atoms with Crippen molar-refractivity contribution in [3.63, 3.8) is 0 Å². The number of hydrogen-bond acceptors (Lipinski definition) is 4. The molecular weight excluding hydrogens is 614 g/mol. The average Bonchev–Trinajstić information content (AvgIpc) is 2.95. The van der Waals surface area contributed by atoms with Crippen LogP contribution in [0.5, 0.6) is 0 Å². The second-order valence-corrected chi connectivity index (χ2v) is 14.1. The Kier molecular flexibility index (Phi) is 10.8. The summed E-state index contributed by atoms with van der Waals surface area (Å²) in [5.41, 5.74) is 3.96. The van der Waals surface area contributed by atoms with Gasteiger partial charge < -0.3 is 10.2 Å². The van der Waals surface area contributed by atoms with Crippen LogP contribution < -0.4 is 9.62 Å². The molecule has 0 aliphatic heterocycles. The fraction of sp³-hybridized carbons (Fsp3) is 0.394. The number of aryl methyl sites for hydroxylation is 2. The molecular formula is C33H40BrN3O4S. The van der Waals surface area contributed by atoms with Crippen molar-refractivity contribution >= 4 is 43.5 Å². The van der Waals surface area contributed by atoms with Gasteiger partial charge in [-0.15, -0.1) is 0 Å². The molecule has 2 amide bonds. The predicted octanol–water partition coefficient (Wildman–Crippen LogP) is 5.92. The van der Waals surface area contributed by atoms with E-state index in [1.165, 1.54) is 0 Å². The molecule has 4 rings (SSSR count). The topological polar surface area (TPSA) is 86.8 Å². The van der Waals surface area contributed by atoms with Gasteiger partial charge in [0.15, 0.2) is 0 Å². The normalized spacial score (nSPS) is 14.7. The van der Waals surface area contributed by atoms with Crippen LogP contribution in [0.15, 0.2) is 77.3 Å². The SMILES string of the molecule is Cc1ccc(N(CC(=O)N(Cc2ccc(Br)cc2)C(Cc2ccccc2)C(=O)NC2CCCCC2)S(C)(=O)=O)c(C)c1. The first-order valence-electron chi connectivity index (χ1n) is 14.4. The molecule has 1 aliphatic carbocycles. The lowest BCUT2D eigenvalue weighted by molar-refractivity contribution is -0.140. The molecule has 224 valence electrons. The summed E-state index contributed by atoms with van der Waals surface area (Å²) in [6.45, 7) is 3.51. The van der Waals surface area contributed by atoms with E-state index >= 15 is 0 Å². The lowest BCUT2D eigenvalue weighted by Crippen LogP contribution is -2.55. The summed E-state index contributed by atoms with van der Waals surface area (Å²) >= 11 is 3.47. The third kappa shape index (κ3) is 8.67. The van der Waals surface area contributed by atoms with Gasteiger partial charge in [-0.2, -0.15) is 0 Å². The molecule has 1 N–H and O–H groups in total. The molecule has 1 aliphatic rings. The lowest BCUT2D eigenvalue weighted by atomic mass is 9.94. The number of sulfonamides is 1. The highest BCUT2D eigenvalue weighted by atomic mass is 79.9. The summed E-state index contributed by atoms with van der Waals surface area (Å²) in [5, 5.41) is 3.23. The van der Waals surface area contributed by atoms with Crippen LogP contribution >= 0.6 is 15.9 Å². The van der Waals surface area contributed by atoms with Gasteiger partial charge in [-0.05, 0) is 61.6 Å². The number of benzene rings is 3. The van der Waals surface area contributed by atoms with Gasteiger partial charge in [0, 0.05) is 23.5 Å². The van der Waals surface area contributed by atoms with Gasteiger partial charge in [0.05, 0.1) is 11.9 Å². The highest BCUT2D eigenvalue weighted by Crippen LogP contribution is 2.25. The van der Waals surface area contributed by atoms with Crippen molar-refractivity contribution in [3.8, 4) is 0 Å². The molecule has 0 aromatic heterocycles. The molecule has 0 spiro atoms. The van der Waals surface area contributed by atoms with Crippen LogP contribution in [0.3, 0.4) is 0 Å². The van der Waals surface area contributed by atoms with E-state index in [2.05, 4.69) is 21.2 Å². The van der Waals surface area contributed by atoms with Crippen LogP contribution in [-0.2, 0) is 32.6 Å². The molecule has 1 atom stereocenters. The maximum Gasteiger partial charge on any atom is 0.244 e. The van der Waals surface area contributed by atoms with E-state index < -0.39 is 28.5 Å². The zero-order valence-corrected chi connectivity index (χ0v) is 27.0. The Morgan fingerprint density at radius 1 is 0.929 bits per heavy atom. The smallest absolute Gasteiger partial charge is 0.244 e. The van der Waals surface area contributed by atoms with E-state index in [9.17, 15) is 18.0 Å². The van der Waals surface area contributed by atoms with Gasteiger partial charge >= 0.3 is 0 Å². The molecule has 0 bridgehead atoms. The minimum Gasteiger partial charge on any atom is -0.352 e. The molecule has 42 heavy (non-hydrogen) atoms. The van der Waals surface area contributed by atoms with E-state index in [1.807, 2.05) is 80.6 Å². The first-order valence-corrected chi connectivity index (χ1v) is 17.1. The summed E-state index contributed by atoms with van der Waals surface area (Å²) in [6.07, 6.45) is 6.54. The van der Waals surface area contributed by atoms with Crippen LogP contribution in [-0.4, -0.2) is 50.0 Å². The molecule has 0 radical (unpaired) electrons. The van der Waals surface area contributed by atoms with Crippen LogP contribution in [0.2, 0.25) is 0 Å². The molecule has 0 saturated heterocycles. The van der Waals surface area contributed by atoms with Gasteiger partial charge in [-0.1, -0.05) is 95.4 Å². The van der Waals surface area contributed by atoms with Crippen LogP contribution in [0.1, 0.15) is 54.4 Å². The Morgan fingerprint density at radius 2 is 1.60 bits per heavy atom. The number of halogens is 1. The maximum absolute atomic E-state index is 14.3. The zero-order valence-electron chi connectivity index (χ0n) is 24.6. The first kappa shape index (κ1) is 31.8. The van der Waals surface area contributed by atoms with Gasteiger partial charge in [0.2, 0.25) is 21.8 Å². The number of rotatable bonds is 11. The van der Waals surface area contributed by atoms with E-state index in [4.69, 9.17) is 0 Å². The quantitative estimate of drug-likeness (QED) is 0.278. The van der Waals surface area contributed by atoms with Crippen molar-refractivity contribution in [2.75, 3.05) is 17.1 Å². The molecule has 0 heterocycles. The number of amides is 2. The zero-order chi connectivity index (χ0) is 30.3. The molecule has 3 aromatic rings. The Hall–Kier alpha value is -3.17. The third-order valence-electron chi connectivity index (χ3n) is 7.79. The Labute approximate surface area is 258 Å². The molecule has 3 aromatic carbocycles. The van der Waals surface area contributed by atoms with Gasteiger partial charge in [-0.25, -0.2) is 8.42 Å². The van der Waals surface area contributed by atoms with Crippen LogP contribution in [0, 0.1) is 13.8 Å². The number of hydrogen-bond donors (Lipinski definition) is 1. The van der Waals surface area contributed by atoms with E-state index in [0.29, 0.717) is 12.1 Å². The fourth-order valence-electron chi connectivity index (χ4n) is 5.56. The second-order valence-electron chi connectivity index (χ2n) is 11.3. The molecule has 1 unspecified atom stereocenters. The lowest BCUT2D eigenvalue weighted by Gasteiger charge is -2.35. The predicted molar refractivity (Wildman–Crippen MR) is 172 cm³/mol. The van der Waals surface area contributed by atoms with Crippen LogP contribution in [0.4, 0.5) is 5.69 Å². The van der Waals surface area contributed by atoms with E-state index in [-0.39, 0.29) is 18.5 Å². The highest BCUT2D eigenvalue weighted by molar-refractivity contribution is 9.10. The first-order chi connectivity index (χ1) is 20.0. The monoisotopic (exact) mass is 653 g/mol. The van der Waals surface area contributed by atoms with Crippen molar-refractivity contribution in [3.05, 3.63) is 99.5 Å². The van der Waals surface area contributed by atoms with Crippen molar-refractivity contribution in [1.29, 1.82) is 0 Å². The van der Waals surface area contributed by atoms with Crippen LogP contribution in [0.25, 0.3) is 0 Å². The summed E-state index contributed by atoms with van der Waals surface area (Å²) < 4.78 is 28.2. The highest BCUT2D eigenvalue weighted by Gasteiger charge is 2.34. The van der Waals surface area contributed by atoms with Gasteiger partial charge in [0.1, 0.15) is 12.6 Å². The average molecular weight is 655 g/mol. The molecule has 7 nitrogen and oxygen atoms in total. The minimum atomic E-state index is -3.81. The Morgan fingerprint density at radius 3 is 2.21 bits per heavy atom.